The molecule has 3 heteroatoms. The lowest BCUT2D eigenvalue weighted by molar-refractivity contribution is 0.0975. The highest BCUT2D eigenvalue weighted by Crippen LogP contribution is 2.10. The summed E-state index contributed by atoms with van der Waals surface area (Å²) in [7, 11) is 0. The van der Waals surface area contributed by atoms with E-state index in [9.17, 15) is 4.79 Å². The number of benzene rings is 1. The Morgan fingerprint density at radius 2 is 2.00 bits per heavy atom. The van der Waals surface area contributed by atoms with Gasteiger partial charge in [0, 0.05) is 6.42 Å². The first-order chi connectivity index (χ1) is 7.81. The van der Waals surface area contributed by atoms with Crippen molar-refractivity contribution in [3.05, 3.63) is 36.2 Å². The number of fused-ring (bicyclic) bond motifs is 1. The summed E-state index contributed by atoms with van der Waals surface area (Å²) >= 11 is 0. The largest absolute Gasteiger partial charge is 0.292 e. The van der Waals surface area contributed by atoms with Gasteiger partial charge in [-0.15, -0.1) is 0 Å². The maximum atomic E-state index is 11.7. The average molecular weight is 214 g/mol. The molecule has 0 unspecified atom stereocenters. The molecule has 0 aliphatic rings. The van der Waals surface area contributed by atoms with Crippen LogP contribution in [0.25, 0.3) is 11.0 Å². The van der Waals surface area contributed by atoms with Crippen LogP contribution in [0.4, 0.5) is 0 Å². The van der Waals surface area contributed by atoms with Gasteiger partial charge in [-0.2, -0.15) is 0 Å². The second-order valence-corrected chi connectivity index (χ2v) is 3.77. The first-order valence-electron chi connectivity index (χ1n) is 5.56. The minimum atomic E-state index is 0.0834. The van der Waals surface area contributed by atoms with E-state index in [1.165, 1.54) is 0 Å². The van der Waals surface area contributed by atoms with Crippen molar-refractivity contribution in [2.45, 2.75) is 26.2 Å². The molecule has 0 bridgehead atoms. The Hall–Kier alpha value is -1.77. The molecule has 0 saturated heterocycles. The number of carbonyl (C=O) groups is 1. The van der Waals surface area contributed by atoms with E-state index >= 15 is 0 Å². The van der Waals surface area contributed by atoms with Gasteiger partial charge >= 0.3 is 0 Å². The number of carbonyl (C=O) groups excluding carboxylic acids is 1. The van der Waals surface area contributed by atoms with Gasteiger partial charge in [0.05, 0.1) is 17.2 Å². The molecule has 0 spiro atoms. The summed E-state index contributed by atoms with van der Waals surface area (Å²) in [6.45, 7) is 2.07. The van der Waals surface area contributed by atoms with E-state index in [1.54, 1.807) is 6.20 Å². The number of aromatic nitrogens is 2. The standard InChI is InChI=1S/C13H14N2O/c1-2-3-8-13(16)12-9-14-10-6-4-5-7-11(10)15-12/h4-7,9H,2-3,8H2,1H3. The number of para-hydroxylation sites is 2. The molecule has 2 rings (SSSR count). The van der Waals surface area contributed by atoms with E-state index in [-0.39, 0.29) is 5.78 Å². The van der Waals surface area contributed by atoms with E-state index in [0.717, 1.165) is 23.9 Å². The zero-order valence-electron chi connectivity index (χ0n) is 9.31. The number of unbranched alkanes of at least 4 members (excludes halogenated alkanes) is 1. The Balaban J connectivity index is 2.28. The molecule has 0 aliphatic heterocycles. The zero-order chi connectivity index (χ0) is 11.4. The maximum absolute atomic E-state index is 11.7. The van der Waals surface area contributed by atoms with Crippen molar-refractivity contribution in [1.82, 2.24) is 9.97 Å². The monoisotopic (exact) mass is 214 g/mol. The predicted molar refractivity (Wildman–Crippen MR) is 63.4 cm³/mol. The molecule has 16 heavy (non-hydrogen) atoms. The van der Waals surface area contributed by atoms with Crippen LogP contribution in [0, 0.1) is 0 Å². The van der Waals surface area contributed by atoms with Gasteiger partial charge in [0.15, 0.2) is 5.78 Å². The lowest BCUT2D eigenvalue weighted by atomic mass is 10.1. The van der Waals surface area contributed by atoms with Crippen LogP contribution in [0.2, 0.25) is 0 Å². The Labute approximate surface area is 94.5 Å². The fraction of sp³-hybridized carbons (Fsp3) is 0.308. The van der Waals surface area contributed by atoms with E-state index in [2.05, 4.69) is 16.9 Å². The maximum Gasteiger partial charge on any atom is 0.182 e. The molecular formula is C13H14N2O. The number of Topliss-reactive ketones (excluding diaryl/α,β-unsaturated/α-hetero) is 1. The van der Waals surface area contributed by atoms with Gasteiger partial charge in [-0.1, -0.05) is 25.5 Å². The molecule has 2 aromatic rings. The Kier molecular flexibility index (Phi) is 3.25. The summed E-state index contributed by atoms with van der Waals surface area (Å²) in [4.78, 5) is 20.3. The molecule has 0 aliphatic carbocycles. The van der Waals surface area contributed by atoms with Crippen molar-refractivity contribution in [2.75, 3.05) is 0 Å². The average Bonchev–Trinajstić information content (AvgIpc) is 2.35. The van der Waals surface area contributed by atoms with Crippen LogP contribution < -0.4 is 0 Å². The lowest BCUT2D eigenvalue weighted by Gasteiger charge is -2.00. The quantitative estimate of drug-likeness (QED) is 0.735. The first kappa shape index (κ1) is 10.7. The molecule has 0 fully saturated rings. The molecule has 1 aromatic carbocycles. The van der Waals surface area contributed by atoms with Crippen LogP contribution in [0.1, 0.15) is 36.7 Å². The zero-order valence-corrected chi connectivity index (χ0v) is 9.31. The Bertz CT molecular complexity index is 508. The van der Waals surface area contributed by atoms with Gasteiger partial charge in [0.2, 0.25) is 0 Å². The summed E-state index contributed by atoms with van der Waals surface area (Å²) in [6.07, 6.45) is 4.06. The third-order valence-corrected chi connectivity index (χ3v) is 2.49. The molecule has 0 atom stereocenters. The molecule has 0 amide bonds. The summed E-state index contributed by atoms with van der Waals surface area (Å²) in [5, 5.41) is 0. The van der Waals surface area contributed by atoms with E-state index in [1.807, 2.05) is 24.3 Å². The van der Waals surface area contributed by atoms with Gasteiger partial charge in [-0.05, 0) is 18.6 Å². The van der Waals surface area contributed by atoms with Crippen molar-refractivity contribution in [2.24, 2.45) is 0 Å². The predicted octanol–water partition coefficient (Wildman–Crippen LogP) is 3.00. The van der Waals surface area contributed by atoms with Gasteiger partial charge in [-0.25, -0.2) is 4.98 Å². The SMILES string of the molecule is CCCCC(=O)c1cnc2ccccc2n1. The molecule has 0 saturated carbocycles. The Morgan fingerprint density at radius 3 is 2.75 bits per heavy atom. The highest BCUT2D eigenvalue weighted by molar-refractivity contribution is 5.95. The van der Waals surface area contributed by atoms with Crippen LogP contribution in [0.5, 0.6) is 0 Å². The van der Waals surface area contributed by atoms with Gasteiger partial charge in [-0.3, -0.25) is 9.78 Å². The van der Waals surface area contributed by atoms with Crippen LogP contribution in [-0.4, -0.2) is 15.8 Å². The molecule has 0 N–H and O–H groups in total. The minimum absolute atomic E-state index is 0.0834. The number of hydrogen-bond acceptors (Lipinski definition) is 3. The topological polar surface area (TPSA) is 42.9 Å². The van der Waals surface area contributed by atoms with Crippen LogP contribution >= 0.6 is 0 Å². The summed E-state index contributed by atoms with van der Waals surface area (Å²) in [5.74, 6) is 0.0834. The van der Waals surface area contributed by atoms with Gasteiger partial charge in [0.25, 0.3) is 0 Å². The second-order valence-electron chi connectivity index (χ2n) is 3.77. The molecule has 3 nitrogen and oxygen atoms in total. The van der Waals surface area contributed by atoms with E-state index in [0.29, 0.717) is 12.1 Å². The smallest absolute Gasteiger partial charge is 0.182 e. The first-order valence-corrected chi connectivity index (χ1v) is 5.56. The fourth-order valence-electron chi connectivity index (χ4n) is 1.56. The lowest BCUT2D eigenvalue weighted by Crippen LogP contribution is -2.03. The molecule has 82 valence electrons. The van der Waals surface area contributed by atoms with Crippen molar-refractivity contribution in [3.8, 4) is 0 Å². The minimum Gasteiger partial charge on any atom is -0.292 e. The number of ketones is 1. The second kappa shape index (κ2) is 4.84. The van der Waals surface area contributed by atoms with Crippen LogP contribution in [0.15, 0.2) is 30.5 Å². The molecule has 1 heterocycles. The Morgan fingerprint density at radius 1 is 1.25 bits per heavy atom. The normalized spacial score (nSPS) is 10.6. The molecule has 1 aromatic heterocycles. The highest BCUT2D eigenvalue weighted by atomic mass is 16.1. The molecular weight excluding hydrogens is 200 g/mol. The van der Waals surface area contributed by atoms with Crippen LogP contribution in [0.3, 0.4) is 0 Å². The van der Waals surface area contributed by atoms with Crippen molar-refractivity contribution < 1.29 is 4.79 Å². The summed E-state index contributed by atoms with van der Waals surface area (Å²) < 4.78 is 0. The van der Waals surface area contributed by atoms with Crippen molar-refractivity contribution in [1.29, 1.82) is 0 Å². The number of hydrogen-bond donors (Lipinski definition) is 0. The summed E-state index contributed by atoms with van der Waals surface area (Å²) in [5.41, 5.74) is 2.09. The van der Waals surface area contributed by atoms with Crippen LogP contribution in [-0.2, 0) is 0 Å². The van der Waals surface area contributed by atoms with E-state index < -0.39 is 0 Å². The van der Waals surface area contributed by atoms with Crippen molar-refractivity contribution in [3.63, 3.8) is 0 Å². The summed E-state index contributed by atoms with van der Waals surface area (Å²) in [6, 6.07) is 7.58. The fourth-order valence-corrected chi connectivity index (χ4v) is 1.56. The highest BCUT2D eigenvalue weighted by Gasteiger charge is 2.07. The van der Waals surface area contributed by atoms with Gasteiger partial charge < -0.3 is 0 Å². The van der Waals surface area contributed by atoms with Crippen molar-refractivity contribution >= 4 is 16.8 Å². The third-order valence-electron chi connectivity index (χ3n) is 2.49. The number of nitrogens with zero attached hydrogens (tertiary/aromatic N) is 2. The number of rotatable bonds is 4. The van der Waals surface area contributed by atoms with Gasteiger partial charge in [0.1, 0.15) is 5.69 Å². The van der Waals surface area contributed by atoms with E-state index in [4.69, 9.17) is 0 Å². The molecule has 0 radical (unpaired) electrons. The third kappa shape index (κ3) is 2.24.